The zero-order chi connectivity index (χ0) is 14.5. The minimum absolute atomic E-state index is 0.00377. The molecule has 1 fully saturated rings. The first-order valence-electron chi connectivity index (χ1n) is 6.89. The minimum atomic E-state index is -0.869. The van der Waals surface area contributed by atoms with E-state index in [-0.39, 0.29) is 18.4 Å². The highest BCUT2D eigenvalue weighted by Gasteiger charge is 2.32. The van der Waals surface area contributed by atoms with E-state index < -0.39 is 12.0 Å². The maximum atomic E-state index is 12.3. The summed E-state index contributed by atoms with van der Waals surface area (Å²) in [6.07, 6.45) is 2.08. The predicted molar refractivity (Wildman–Crippen MR) is 75.1 cm³/mol. The Morgan fingerprint density at radius 3 is 2.70 bits per heavy atom. The number of carboxylic acid groups (broad SMARTS) is 1. The molecule has 0 bridgehead atoms. The zero-order valence-electron chi connectivity index (χ0n) is 11.4. The molecule has 0 aliphatic carbocycles. The summed E-state index contributed by atoms with van der Waals surface area (Å²) < 4.78 is 0. The summed E-state index contributed by atoms with van der Waals surface area (Å²) >= 11 is 0. The summed E-state index contributed by atoms with van der Waals surface area (Å²) in [4.78, 5) is 24.8. The predicted octanol–water partition coefficient (Wildman–Crippen LogP) is 1.02. The third kappa shape index (κ3) is 3.57. The maximum Gasteiger partial charge on any atom is 0.305 e. The second kappa shape index (κ2) is 6.52. The van der Waals surface area contributed by atoms with Crippen molar-refractivity contribution < 1.29 is 14.7 Å². The fraction of sp³-hybridized carbons (Fsp3) is 0.467. The Morgan fingerprint density at radius 2 is 2.05 bits per heavy atom. The van der Waals surface area contributed by atoms with Gasteiger partial charge in [0, 0.05) is 12.6 Å². The van der Waals surface area contributed by atoms with Crippen LogP contribution in [0.3, 0.4) is 0 Å². The quantitative estimate of drug-likeness (QED) is 0.841. The van der Waals surface area contributed by atoms with E-state index in [0.717, 1.165) is 18.4 Å². The number of carbonyl (C=O) groups excluding carboxylic acids is 1. The van der Waals surface area contributed by atoms with Crippen LogP contribution in [0.1, 0.15) is 24.8 Å². The summed E-state index contributed by atoms with van der Waals surface area (Å²) in [6.45, 7) is 0.610. The van der Waals surface area contributed by atoms with Crippen molar-refractivity contribution in [1.29, 1.82) is 0 Å². The van der Waals surface area contributed by atoms with Crippen molar-refractivity contribution in [1.82, 2.24) is 4.90 Å². The molecule has 1 aliphatic rings. The van der Waals surface area contributed by atoms with Gasteiger partial charge in [-0.1, -0.05) is 30.3 Å². The van der Waals surface area contributed by atoms with Gasteiger partial charge in [-0.05, 0) is 24.8 Å². The van der Waals surface area contributed by atoms with Crippen molar-refractivity contribution in [3.63, 3.8) is 0 Å². The van der Waals surface area contributed by atoms with E-state index in [1.807, 2.05) is 30.3 Å². The van der Waals surface area contributed by atoms with Crippen LogP contribution in [0.5, 0.6) is 0 Å². The number of hydrogen-bond donors (Lipinski definition) is 2. The number of hydrogen-bond acceptors (Lipinski definition) is 3. The molecule has 0 saturated carbocycles. The molecule has 0 radical (unpaired) electrons. The molecule has 5 nitrogen and oxygen atoms in total. The first kappa shape index (κ1) is 14.5. The highest BCUT2D eigenvalue weighted by Crippen LogP contribution is 2.21. The van der Waals surface area contributed by atoms with E-state index in [2.05, 4.69) is 0 Å². The van der Waals surface area contributed by atoms with E-state index >= 15 is 0 Å². The molecule has 3 N–H and O–H groups in total. The Balaban J connectivity index is 1.97. The lowest BCUT2D eigenvalue weighted by Crippen LogP contribution is -2.47. The lowest BCUT2D eigenvalue weighted by atomic mass is 10.0. The van der Waals surface area contributed by atoms with E-state index in [1.165, 1.54) is 0 Å². The Hall–Kier alpha value is -1.88. The second-order valence-electron chi connectivity index (χ2n) is 5.22. The summed E-state index contributed by atoms with van der Waals surface area (Å²) in [5.74, 6) is -1.01. The minimum Gasteiger partial charge on any atom is -0.481 e. The molecule has 1 amide bonds. The number of likely N-dealkylation sites (tertiary alicyclic amines) is 1. The smallest absolute Gasteiger partial charge is 0.305 e. The molecule has 0 spiro atoms. The third-order valence-corrected chi connectivity index (χ3v) is 3.69. The van der Waals surface area contributed by atoms with Crippen LogP contribution in [0.4, 0.5) is 0 Å². The number of carbonyl (C=O) groups is 2. The molecule has 5 heteroatoms. The van der Waals surface area contributed by atoms with Gasteiger partial charge in [-0.15, -0.1) is 0 Å². The van der Waals surface area contributed by atoms with Crippen LogP contribution in [0.15, 0.2) is 30.3 Å². The molecule has 0 aromatic heterocycles. The van der Waals surface area contributed by atoms with Crippen LogP contribution in [0.25, 0.3) is 0 Å². The van der Waals surface area contributed by atoms with Crippen molar-refractivity contribution in [2.24, 2.45) is 5.73 Å². The van der Waals surface area contributed by atoms with Crippen molar-refractivity contribution in [2.45, 2.75) is 37.8 Å². The SMILES string of the molecule is N[C@@H](Cc1ccccc1)C(=O)N1CCCC1CC(=O)O. The topological polar surface area (TPSA) is 83.6 Å². The van der Waals surface area contributed by atoms with Gasteiger partial charge in [0.15, 0.2) is 0 Å². The van der Waals surface area contributed by atoms with Gasteiger partial charge in [-0.25, -0.2) is 0 Å². The number of amides is 1. The van der Waals surface area contributed by atoms with Gasteiger partial charge in [0.25, 0.3) is 0 Å². The van der Waals surface area contributed by atoms with Gasteiger partial charge in [0.2, 0.25) is 5.91 Å². The number of rotatable bonds is 5. The van der Waals surface area contributed by atoms with E-state index in [9.17, 15) is 9.59 Å². The lowest BCUT2D eigenvalue weighted by Gasteiger charge is -2.26. The normalized spacial score (nSPS) is 19.9. The molecule has 1 unspecified atom stereocenters. The number of carboxylic acids is 1. The first-order valence-corrected chi connectivity index (χ1v) is 6.89. The van der Waals surface area contributed by atoms with Crippen LogP contribution < -0.4 is 5.73 Å². The van der Waals surface area contributed by atoms with Gasteiger partial charge in [-0.3, -0.25) is 9.59 Å². The molecular weight excluding hydrogens is 256 g/mol. The summed E-state index contributed by atoms with van der Waals surface area (Å²) in [5.41, 5.74) is 7.00. The zero-order valence-corrected chi connectivity index (χ0v) is 11.4. The number of nitrogens with zero attached hydrogens (tertiary/aromatic N) is 1. The molecule has 2 atom stereocenters. The van der Waals surface area contributed by atoms with Crippen molar-refractivity contribution in [3.8, 4) is 0 Å². The summed E-state index contributed by atoms with van der Waals surface area (Å²) in [6, 6.07) is 8.80. The molecule has 2 rings (SSSR count). The molecule has 1 aromatic rings. The Kier molecular flexibility index (Phi) is 4.74. The van der Waals surface area contributed by atoms with Crippen LogP contribution in [-0.4, -0.2) is 40.5 Å². The molecule has 1 heterocycles. The Labute approximate surface area is 118 Å². The number of nitrogens with two attached hydrogens (primary N) is 1. The molecule has 20 heavy (non-hydrogen) atoms. The molecule has 1 aliphatic heterocycles. The Morgan fingerprint density at radius 1 is 1.35 bits per heavy atom. The molecular formula is C15H20N2O3. The molecule has 1 aromatic carbocycles. The highest BCUT2D eigenvalue weighted by atomic mass is 16.4. The van der Waals surface area contributed by atoms with Crippen molar-refractivity contribution >= 4 is 11.9 Å². The number of aliphatic carboxylic acids is 1. The van der Waals surface area contributed by atoms with Gasteiger partial charge < -0.3 is 15.7 Å². The monoisotopic (exact) mass is 276 g/mol. The fourth-order valence-electron chi connectivity index (χ4n) is 2.71. The van der Waals surface area contributed by atoms with E-state index in [0.29, 0.717) is 13.0 Å². The van der Waals surface area contributed by atoms with E-state index in [4.69, 9.17) is 10.8 Å². The molecule has 108 valence electrons. The van der Waals surface area contributed by atoms with E-state index in [1.54, 1.807) is 4.90 Å². The maximum absolute atomic E-state index is 12.3. The van der Waals surface area contributed by atoms with Gasteiger partial charge in [0.05, 0.1) is 12.5 Å². The summed E-state index contributed by atoms with van der Waals surface area (Å²) in [7, 11) is 0. The van der Waals surface area contributed by atoms with Crippen LogP contribution in [-0.2, 0) is 16.0 Å². The molecule has 1 saturated heterocycles. The summed E-state index contributed by atoms with van der Waals surface area (Å²) in [5, 5.41) is 8.88. The van der Waals surface area contributed by atoms with Crippen LogP contribution in [0, 0.1) is 0 Å². The largest absolute Gasteiger partial charge is 0.481 e. The average Bonchev–Trinajstić information content (AvgIpc) is 2.86. The number of benzene rings is 1. The Bertz CT molecular complexity index is 475. The highest BCUT2D eigenvalue weighted by molar-refractivity contribution is 5.83. The second-order valence-corrected chi connectivity index (χ2v) is 5.22. The average molecular weight is 276 g/mol. The lowest BCUT2D eigenvalue weighted by molar-refractivity contribution is -0.140. The van der Waals surface area contributed by atoms with Crippen molar-refractivity contribution in [3.05, 3.63) is 35.9 Å². The van der Waals surface area contributed by atoms with Gasteiger partial charge in [0.1, 0.15) is 0 Å². The third-order valence-electron chi connectivity index (χ3n) is 3.69. The standard InChI is InChI=1S/C15H20N2O3/c16-13(9-11-5-2-1-3-6-11)15(20)17-8-4-7-12(17)10-14(18)19/h1-3,5-6,12-13H,4,7-10,16H2,(H,18,19)/t12?,13-/m0/s1. The van der Waals surface area contributed by atoms with Crippen molar-refractivity contribution in [2.75, 3.05) is 6.54 Å². The first-order chi connectivity index (χ1) is 9.58. The van der Waals surface area contributed by atoms with Gasteiger partial charge >= 0.3 is 5.97 Å². The van der Waals surface area contributed by atoms with Crippen LogP contribution in [0.2, 0.25) is 0 Å². The van der Waals surface area contributed by atoms with Gasteiger partial charge in [-0.2, -0.15) is 0 Å². The van der Waals surface area contributed by atoms with Crippen LogP contribution >= 0.6 is 0 Å². The fourth-order valence-corrected chi connectivity index (χ4v) is 2.71.